The van der Waals surface area contributed by atoms with E-state index < -0.39 is 0 Å². The quantitative estimate of drug-likeness (QED) is 0.673. The molecule has 0 saturated heterocycles. The van der Waals surface area contributed by atoms with E-state index in [0.29, 0.717) is 11.1 Å². The van der Waals surface area contributed by atoms with Crippen LogP contribution >= 0.6 is 23.4 Å². The molecule has 1 atom stereocenters. The summed E-state index contributed by atoms with van der Waals surface area (Å²) in [5, 5.41) is 4.32. The summed E-state index contributed by atoms with van der Waals surface area (Å²) in [6.45, 7) is 1.90. The van der Waals surface area contributed by atoms with Gasteiger partial charge in [0, 0.05) is 12.2 Å². The predicted octanol–water partition coefficient (Wildman–Crippen LogP) is 4.05. The van der Waals surface area contributed by atoms with E-state index in [0.717, 1.165) is 17.9 Å². The Hall–Kier alpha value is -0.740. The Morgan fingerprint density at radius 2 is 2.10 bits per heavy atom. The summed E-state index contributed by atoms with van der Waals surface area (Å²) < 4.78 is 0. The summed E-state index contributed by atoms with van der Waals surface area (Å²) in [4.78, 5) is 16.4. The predicted molar refractivity (Wildman–Crippen MR) is 84.2 cm³/mol. The van der Waals surface area contributed by atoms with E-state index in [1.54, 1.807) is 18.3 Å². The normalized spacial score (nSPS) is 18.3. The fourth-order valence-electron chi connectivity index (χ4n) is 2.42. The van der Waals surface area contributed by atoms with Crippen LogP contribution in [0.2, 0.25) is 5.02 Å². The van der Waals surface area contributed by atoms with Crippen LogP contribution in [-0.4, -0.2) is 22.2 Å². The highest BCUT2D eigenvalue weighted by atomic mass is 35.5. The van der Waals surface area contributed by atoms with Gasteiger partial charge in [0.2, 0.25) is 5.91 Å². The van der Waals surface area contributed by atoms with Gasteiger partial charge in [-0.2, -0.15) is 0 Å². The first-order valence-corrected chi connectivity index (χ1v) is 8.50. The molecule has 1 N–H and O–H groups in total. The summed E-state index contributed by atoms with van der Waals surface area (Å²) in [5.41, 5.74) is 0. The minimum atomic E-state index is -0.175. The van der Waals surface area contributed by atoms with Crippen LogP contribution in [0.3, 0.4) is 0 Å². The second-order valence-electron chi connectivity index (χ2n) is 5.25. The number of nitrogens with zero attached hydrogens (tertiary/aromatic N) is 1. The van der Waals surface area contributed by atoms with Crippen LogP contribution < -0.4 is 5.32 Å². The molecule has 0 aromatic carbocycles. The summed E-state index contributed by atoms with van der Waals surface area (Å²) in [5.74, 6) is 0.0867. The molecule has 1 heterocycles. The van der Waals surface area contributed by atoms with Crippen LogP contribution in [0.25, 0.3) is 0 Å². The molecule has 1 saturated carbocycles. The molecule has 1 fully saturated rings. The maximum absolute atomic E-state index is 12.2. The van der Waals surface area contributed by atoms with Crippen LogP contribution in [0.4, 0.5) is 0 Å². The summed E-state index contributed by atoms with van der Waals surface area (Å²) >= 11 is 7.49. The van der Waals surface area contributed by atoms with Crippen molar-refractivity contribution in [3.63, 3.8) is 0 Å². The van der Waals surface area contributed by atoms with Gasteiger partial charge in [-0.1, -0.05) is 49.0 Å². The van der Waals surface area contributed by atoms with E-state index in [4.69, 9.17) is 11.6 Å². The minimum absolute atomic E-state index is 0.0867. The van der Waals surface area contributed by atoms with Gasteiger partial charge >= 0.3 is 0 Å². The fourth-order valence-corrected chi connectivity index (χ4v) is 3.49. The van der Waals surface area contributed by atoms with Crippen LogP contribution in [0, 0.1) is 0 Å². The van der Waals surface area contributed by atoms with Crippen molar-refractivity contribution in [1.82, 2.24) is 10.3 Å². The van der Waals surface area contributed by atoms with E-state index in [1.165, 1.54) is 37.4 Å². The van der Waals surface area contributed by atoms with Crippen molar-refractivity contribution in [2.24, 2.45) is 0 Å². The lowest BCUT2D eigenvalue weighted by atomic mass is 10.1. The number of thioether (sulfide) groups is 1. The van der Waals surface area contributed by atoms with Gasteiger partial charge < -0.3 is 5.32 Å². The van der Waals surface area contributed by atoms with Gasteiger partial charge in [0.15, 0.2) is 0 Å². The van der Waals surface area contributed by atoms with Gasteiger partial charge in [-0.25, -0.2) is 4.98 Å². The largest absolute Gasteiger partial charge is 0.352 e. The molecule has 0 spiro atoms. The number of hydrogen-bond donors (Lipinski definition) is 1. The zero-order valence-corrected chi connectivity index (χ0v) is 13.3. The van der Waals surface area contributed by atoms with Crippen molar-refractivity contribution >= 4 is 29.3 Å². The molecule has 2 rings (SSSR count). The number of carbonyl (C=O) groups is 1. The number of pyridine rings is 1. The van der Waals surface area contributed by atoms with Crippen molar-refractivity contribution in [2.45, 2.75) is 61.8 Å². The molecular weight excluding hydrogens is 292 g/mol. The molecule has 1 aromatic heterocycles. The molecule has 1 aliphatic carbocycles. The molecule has 1 aromatic rings. The number of hydrogen-bond acceptors (Lipinski definition) is 3. The van der Waals surface area contributed by atoms with Crippen molar-refractivity contribution in [2.75, 3.05) is 0 Å². The van der Waals surface area contributed by atoms with E-state index >= 15 is 0 Å². The van der Waals surface area contributed by atoms with Crippen molar-refractivity contribution in [3.8, 4) is 0 Å². The van der Waals surface area contributed by atoms with Crippen LogP contribution in [-0.2, 0) is 4.79 Å². The number of aromatic nitrogens is 1. The SMILES string of the molecule is C[C@@H](Sc1ncccc1Cl)C(=O)NC1CCCCCC1. The summed E-state index contributed by atoms with van der Waals surface area (Å²) in [6, 6.07) is 3.93. The molecule has 5 heteroatoms. The number of halogens is 1. The highest BCUT2D eigenvalue weighted by molar-refractivity contribution is 8.00. The molecule has 0 radical (unpaired) electrons. The molecule has 1 aliphatic rings. The van der Waals surface area contributed by atoms with Gasteiger partial charge in [0.05, 0.1) is 10.3 Å². The second kappa shape index (κ2) is 7.89. The molecule has 0 aliphatic heterocycles. The smallest absolute Gasteiger partial charge is 0.233 e. The average Bonchev–Trinajstić information content (AvgIpc) is 2.70. The third-order valence-corrected chi connectivity index (χ3v) is 5.12. The molecular formula is C15H21ClN2OS. The van der Waals surface area contributed by atoms with Crippen LogP contribution in [0.5, 0.6) is 0 Å². The molecule has 20 heavy (non-hydrogen) atoms. The zero-order chi connectivity index (χ0) is 14.4. The zero-order valence-electron chi connectivity index (χ0n) is 11.8. The van der Waals surface area contributed by atoms with Crippen LogP contribution in [0.1, 0.15) is 45.4 Å². The fraction of sp³-hybridized carbons (Fsp3) is 0.600. The maximum atomic E-state index is 12.2. The molecule has 0 unspecified atom stereocenters. The average molecular weight is 313 g/mol. The minimum Gasteiger partial charge on any atom is -0.352 e. The third kappa shape index (κ3) is 4.67. The Morgan fingerprint density at radius 3 is 2.75 bits per heavy atom. The van der Waals surface area contributed by atoms with Gasteiger partial charge in [-0.15, -0.1) is 0 Å². The first-order chi connectivity index (χ1) is 9.66. The van der Waals surface area contributed by atoms with Crippen LogP contribution in [0.15, 0.2) is 23.4 Å². The molecule has 3 nitrogen and oxygen atoms in total. The molecule has 1 amide bonds. The number of nitrogens with one attached hydrogen (secondary N) is 1. The Bertz CT molecular complexity index is 447. The number of amides is 1. The van der Waals surface area contributed by atoms with E-state index in [-0.39, 0.29) is 11.2 Å². The Balaban J connectivity index is 1.87. The van der Waals surface area contributed by atoms with Crippen molar-refractivity contribution in [3.05, 3.63) is 23.4 Å². The standard InChI is InChI=1S/C15H21ClN2OS/c1-11(20-15-13(16)9-6-10-17-15)14(19)18-12-7-4-2-3-5-8-12/h6,9-12H,2-5,7-8H2,1H3,(H,18,19)/t11-/m1/s1. The highest BCUT2D eigenvalue weighted by Gasteiger charge is 2.20. The Labute approximate surface area is 129 Å². The lowest BCUT2D eigenvalue weighted by Gasteiger charge is -2.19. The van der Waals surface area contributed by atoms with Gasteiger partial charge in [0.1, 0.15) is 5.03 Å². The maximum Gasteiger partial charge on any atom is 0.233 e. The third-order valence-electron chi connectivity index (χ3n) is 3.58. The molecule has 0 bridgehead atoms. The number of carbonyl (C=O) groups excluding carboxylic acids is 1. The topological polar surface area (TPSA) is 42.0 Å². The Morgan fingerprint density at radius 1 is 1.40 bits per heavy atom. The van der Waals surface area contributed by atoms with Gasteiger partial charge in [-0.05, 0) is 31.9 Å². The second-order valence-corrected chi connectivity index (χ2v) is 6.98. The van der Waals surface area contributed by atoms with Crippen molar-refractivity contribution < 1.29 is 4.79 Å². The highest BCUT2D eigenvalue weighted by Crippen LogP contribution is 2.28. The molecule has 110 valence electrons. The lowest BCUT2D eigenvalue weighted by Crippen LogP contribution is -2.39. The summed E-state index contributed by atoms with van der Waals surface area (Å²) in [7, 11) is 0. The monoisotopic (exact) mass is 312 g/mol. The van der Waals surface area contributed by atoms with E-state index in [1.807, 2.05) is 6.92 Å². The van der Waals surface area contributed by atoms with Crippen molar-refractivity contribution in [1.29, 1.82) is 0 Å². The first-order valence-electron chi connectivity index (χ1n) is 7.24. The first kappa shape index (κ1) is 15.6. The Kier molecular flexibility index (Phi) is 6.17. The van der Waals surface area contributed by atoms with E-state index in [9.17, 15) is 4.79 Å². The van der Waals surface area contributed by atoms with Gasteiger partial charge in [0.25, 0.3) is 0 Å². The van der Waals surface area contributed by atoms with Gasteiger partial charge in [-0.3, -0.25) is 4.79 Å². The van der Waals surface area contributed by atoms with E-state index in [2.05, 4.69) is 10.3 Å². The lowest BCUT2D eigenvalue weighted by molar-refractivity contribution is -0.121. The summed E-state index contributed by atoms with van der Waals surface area (Å²) in [6.07, 6.45) is 8.93. The number of rotatable bonds is 4.